The third-order valence-corrected chi connectivity index (χ3v) is 4.95. The first-order valence-electron chi connectivity index (χ1n) is 8.69. The molecule has 1 aromatic carbocycles. The van der Waals surface area contributed by atoms with Crippen LogP contribution in [0.15, 0.2) is 29.2 Å². The molecule has 0 bridgehead atoms. The van der Waals surface area contributed by atoms with E-state index in [0.717, 1.165) is 17.7 Å². The Kier molecular flexibility index (Phi) is 8.12. The van der Waals surface area contributed by atoms with Gasteiger partial charge in [0, 0.05) is 13.0 Å². The summed E-state index contributed by atoms with van der Waals surface area (Å²) < 4.78 is 11.0. The highest BCUT2D eigenvalue weighted by Gasteiger charge is 2.31. The third-order valence-electron chi connectivity index (χ3n) is 3.57. The van der Waals surface area contributed by atoms with E-state index in [0.29, 0.717) is 35.4 Å². The zero-order valence-electron chi connectivity index (χ0n) is 15.0. The number of hydrogen-bond acceptors (Lipinski definition) is 6. The number of thioether (sulfide) groups is 1. The largest absolute Gasteiger partial charge is 0.494 e. The number of carbonyl (C=O) groups excluding carboxylic acids is 2. The van der Waals surface area contributed by atoms with E-state index >= 15 is 0 Å². The van der Waals surface area contributed by atoms with Crippen molar-refractivity contribution in [3.63, 3.8) is 0 Å². The molecule has 2 rings (SSSR count). The zero-order valence-corrected chi connectivity index (χ0v) is 16.7. The topological polar surface area (TPSA) is 55.8 Å². The average Bonchev–Trinajstić information content (AvgIpc) is 2.88. The Morgan fingerprint density at radius 1 is 1.35 bits per heavy atom. The van der Waals surface area contributed by atoms with E-state index in [1.54, 1.807) is 4.90 Å². The van der Waals surface area contributed by atoms with Crippen molar-refractivity contribution in [3.8, 4) is 5.75 Å². The van der Waals surface area contributed by atoms with Crippen molar-refractivity contribution in [2.45, 2.75) is 33.1 Å². The molecule has 0 N–H and O–H groups in total. The minimum Gasteiger partial charge on any atom is -0.494 e. The van der Waals surface area contributed by atoms with Gasteiger partial charge in [-0.1, -0.05) is 43.0 Å². The second-order valence-electron chi connectivity index (χ2n) is 5.66. The molecule has 0 aliphatic carbocycles. The van der Waals surface area contributed by atoms with Crippen molar-refractivity contribution in [1.29, 1.82) is 0 Å². The van der Waals surface area contributed by atoms with E-state index in [4.69, 9.17) is 21.7 Å². The van der Waals surface area contributed by atoms with Crippen molar-refractivity contribution >= 4 is 46.3 Å². The molecular formula is C19H23NO4S2. The lowest BCUT2D eigenvalue weighted by Crippen LogP contribution is -2.29. The number of carbonyl (C=O) groups is 2. The molecule has 1 amide bonds. The van der Waals surface area contributed by atoms with Crippen LogP contribution in [0.3, 0.4) is 0 Å². The van der Waals surface area contributed by atoms with Gasteiger partial charge in [-0.05, 0) is 43.5 Å². The summed E-state index contributed by atoms with van der Waals surface area (Å²) in [6.45, 7) is 5.32. The van der Waals surface area contributed by atoms with Crippen molar-refractivity contribution in [1.82, 2.24) is 4.90 Å². The molecule has 1 aromatic rings. The van der Waals surface area contributed by atoms with Crippen LogP contribution in [-0.2, 0) is 14.3 Å². The number of nitrogens with zero attached hydrogens (tertiary/aromatic N) is 1. The number of hydrogen-bond donors (Lipinski definition) is 0. The summed E-state index contributed by atoms with van der Waals surface area (Å²) in [5, 5.41) is 0. The SMILES string of the molecule is CCCOC(=O)CCCN1C(=O)/C(=C\c2cccc(OCC)c2)SC1=S. The summed E-state index contributed by atoms with van der Waals surface area (Å²) in [4.78, 5) is 26.3. The number of benzene rings is 1. The minimum atomic E-state index is -0.236. The number of amides is 1. The number of ether oxygens (including phenoxy) is 2. The van der Waals surface area contributed by atoms with E-state index in [-0.39, 0.29) is 18.3 Å². The molecule has 140 valence electrons. The summed E-state index contributed by atoms with van der Waals surface area (Å²) in [6, 6.07) is 7.57. The summed E-state index contributed by atoms with van der Waals surface area (Å²) in [6.07, 6.45) is 3.43. The molecule has 7 heteroatoms. The number of esters is 1. The van der Waals surface area contributed by atoms with Crippen molar-refractivity contribution in [2.75, 3.05) is 19.8 Å². The van der Waals surface area contributed by atoms with E-state index in [2.05, 4.69) is 0 Å². The highest BCUT2D eigenvalue weighted by atomic mass is 32.2. The second kappa shape index (κ2) is 10.3. The molecule has 0 unspecified atom stereocenters. The lowest BCUT2D eigenvalue weighted by Gasteiger charge is -2.13. The highest BCUT2D eigenvalue weighted by Crippen LogP contribution is 2.33. The maximum atomic E-state index is 12.6. The Balaban J connectivity index is 1.95. The van der Waals surface area contributed by atoms with Crippen molar-refractivity contribution < 1.29 is 19.1 Å². The third kappa shape index (κ3) is 5.85. The van der Waals surface area contributed by atoms with Gasteiger partial charge in [-0.25, -0.2) is 0 Å². The van der Waals surface area contributed by atoms with Crippen LogP contribution in [0.25, 0.3) is 6.08 Å². The van der Waals surface area contributed by atoms with Gasteiger partial charge in [0.15, 0.2) is 0 Å². The monoisotopic (exact) mass is 393 g/mol. The van der Waals surface area contributed by atoms with Gasteiger partial charge in [-0.2, -0.15) is 0 Å². The van der Waals surface area contributed by atoms with Crippen LogP contribution >= 0.6 is 24.0 Å². The summed E-state index contributed by atoms with van der Waals surface area (Å²) in [7, 11) is 0. The second-order valence-corrected chi connectivity index (χ2v) is 7.34. The van der Waals surface area contributed by atoms with E-state index < -0.39 is 0 Å². The molecule has 1 aliphatic heterocycles. The fraction of sp³-hybridized carbons (Fsp3) is 0.421. The van der Waals surface area contributed by atoms with E-state index in [1.165, 1.54) is 11.8 Å². The maximum absolute atomic E-state index is 12.6. The highest BCUT2D eigenvalue weighted by molar-refractivity contribution is 8.26. The fourth-order valence-electron chi connectivity index (χ4n) is 2.37. The predicted molar refractivity (Wildman–Crippen MR) is 108 cm³/mol. The minimum absolute atomic E-state index is 0.122. The number of thiocarbonyl (C=S) groups is 1. The Morgan fingerprint density at radius 2 is 2.15 bits per heavy atom. The molecule has 1 aliphatic rings. The Hall–Kier alpha value is -1.86. The molecule has 0 saturated carbocycles. The van der Waals surface area contributed by atoms with Gasteiger partial charge >= 0.3 is 5.97 Å². The Bertz CT molecular complexity index is 703. The molecular weight excluding hydrogens is 370 g/mol. The molecule has 5 nitrogen and oxygen atoms in total. The molecule has 1 saturated heterocycles. The molecule has 0 spiro atoms. The summed E-state index contributed by atoms with van der Waals surface area (Å²) >= 11 is 6.59. The molecule has 0 atom stereocenters. The van der Waals surface area contributed by atoms with Gasteiger partial charge in [0.2, 0.25) is 0 Å². The van der Waals surface area contributed by atoms with Gasteiger partial charge in [0.1, 0.15) is 10.1 Å². The van der Waals surface area contributed by atoms with Crippen LogP contribution in [0.1, 0.15) is 38.7 Å². The molecule has 1 fully saturated rings. The molecule has 1 heterocycles. The van der Waals surface area contributed by atoms with E-state index in [1.807, 2.05) is 44.2 Å². The maximum Gasteiger partial charge on any atom is 0.305 e. The fourth-order valence-corrected chi connectivity index (χ4v) is 3.68. The van der Waals surface area contributed by atoms with Gasteiger partial charge in [-0.15, -0.1) is 0 Å². The standard InChI is InChI=1S/C19H23NO4S2/c1-3-11-24-17(21)9-6-10-20-18(22)16(26-19(20)25)13-14-7-5-8-15(12-14)23-4-2/h5,7-8,12-13H,3-4,6,9-11H2,1-2H3/b16-13+. The summed E-state index contributed by atoms with van der Waals surface area (Å²) in [5.41, 5.74) is 0.889. The zero-order chi connectivity index (χ0) is 18.9. The predicted octanol–water partition coefficient (Wildman–Crippen LogP) is 4.02. The van der Waals surface area contributed by atoms with Gasteiger partial charge in [0.25, 0.3) is 5.91 Å². The normalized spacial score (nSPS) is 15.6. The first-order valence-corrected chi connectivity index (χ1v) is 9.91. The lowest BCUT2D eigenvalue weighted by atomic mass is 10.2. The van der Waals surface area contributed by atoms with Crippen LogP contribution in [-0.4, -0.2) is 40.9 Å². The van der Waals surface area contributed by atoms with Gasteiger partial charge in [0.05, 0.1) is 18.1 Å². The van der Waals surface area contributed by atoms with Gasteiger partial charge in [-0.3, -0.25) is 14.5 Å². The Labute approximate surface area is 163 Å². The quantitative estimate of drug-likeness (QED) is 0.359. The number of rotatable bonds is 9. The van der Waals surface area contributed by atoms with Crippen molar-refractivity contribution in [3.05, 3.63) is 34.7 Å². The van der Waals surface area contributed by atoms with Crippen molar-refractivity contribution in [2.24, 2.45) is 0 Å². The van der Waals surface area contributed by atoms with Crippen LogP contribution < -0.4 is 4.74 Å². The first kappa shape index (κ1) is 20.5. The van der Waals surface area contributed by atoms with Crippen LogP contribution in [0.2, 0.25) is 0 Å². The van der Waals surface area contributed by atoms with Crippen LogP contribution in [0, 0.1) is 0 Å². The van der Waals surface area contributed by atoms with E-state index in [9.17, 15) is 9.59 Å². The smallest absolute Gasteiger partial charge is 0.305 e. The van der Waals surface area contributed by atoms with Gasteiger partial charge < -0.3 is 9.47 Å². The Morgan fingerprint density at radius 3 is 2.88 bits per heavy atom. The first-order chi connectivity index (χ1) is 12.5. The van der Waals surface area contributed by atoms with Crippen LogP contribution in [0.5, 0.6) is 5.75 Å². The average molecular weight is 394 g/mol. The molecule has 26 heavy (non-hydrogen) atoms. The van der Waals surface area contributed by atoms with Crippen LogP contribution in [0.4, 0.5) is 0 Å². The lowest BCUT2D eigenvalue weighted by molar-refractivity contribution is -0.144. The molecule has 0 radical (unpaired) electrons. The molecule has 0 aromatic heterocycles. The summed E-state index contributed by atoms with van der Waals surface area (Å²) in [5.74, 6) is 0.409.